The van der Waals surface area contributed by atoms with E-state index in [9.17, 15) is 4.79 Å². The number of amides is 1. The number of nitrogens with one attached hydrogen (secondary N) is 1. The molecule has 1 amide bonds. The van der Waals surface area contributed by atoms with E-state index in [1.807, 2.05) is 6.07 Å². The molecule has 6 nitrogen and oxygen atoms in total. The van der Waals surface area contributed by atoms with E-state index in [2.05, 4.69) is 16.9 Å². The smallest absolute Gasteiger partial charge is 0.240 e. The van der Waals surface area contributed by atoms with Crippen LogP contribution in [-0.4, -0.2) is 22.0 Å². The minimum absolute atomic E-state index is 0.0269. The molecule has 0 aliphatic carbocycles. The van der Waals surface area contributed by atoms with Gasteiger partial charge in [-0.2, -0.15) is 10.5 Å². The van der Waals surface area contributed by atoms with E-state index in [1.54, 1.807) is 12.1 Å². The van der Waals surface area contributed by atoms with Crippen LogP contribution >= 0.6 is 0 Å². The number of carbonyl (C=O) groups is 1. The molecule has 0 aliphatic heterocycles. The Balaban J connectivity index is 2.79. The van der Waals surface area contributed by atoms with Crippen LogP contribution in [0.4, 0.5) is 0 Å². The molecule has 0 bridgehead atoms. The summed E-state index contributed by atoms with van der Waals surface area (Å²) in [7, 11) is 0. The average molecular weight is 215 g/mol. The quantitative estimate of drug-likeness (QED) is 0.711. The first-order chi connectivity index (χ1) is 7.72. The van der Waals surface area contributed by atoms with Crippen LogP contribution < -0.4 is 5.32 Å². The average Bonchev–Trinajstić information content (AvgIpc) is 2.68. The molecule has 1 aromatic rings. The van der Waals surface area contributed by atoms with Gasteiger partial charge in [0.05, 0.1) is 6.33 Å². The van der Waals surface area contributed by atoms with E-state index in [-0.39, 0.29) is 23.8 Å². The van der Waals surface area contributed by atoms with Crippen molar-refractivity contribution in [2.24, 2.45) is 0 Å². The summed E-state index contributed by atoms with van der Waals surface area (Å²) >= 11 is 0. The van der Waals surface area contributed by atoms with Crippen molar-refractivity contribution in [3.8, 4) is 12.1 Å². The van der Waals surface area contributed by atoms with Gasteiger partial charge in [-0.3, -0.25) is 4.79 Å². The molecule has 80 valence electrons. The van der Waals surface area contributed by atoms with Crippen molar-refractivity contribution < 1.29 is 4.79 Å². The summed E-state index contributed by atoms with van der Waals surface area (Å²) in [4.78, 5) is 15.1. The molecule has 6 heteroatoms. The van der Waals surface area contributed by atoms with Gasteiger partial charge in [-0.1, -0.05) is 6.08 Å². The molecule has 1 heterocycles. The first kappa shape index (κ1) is 11.5. The fraction of sp³-hybridized carbons (Fsp3) is 0.200. The maximum atomic E-state index is 11.3. The highest BCUT2D eigenvalue weighted by molar-refractivity contribution is 5.76. The van der Waals surface area contributed by atoms with Gasteiger partial charge in [0, 0.05) is 6.54 Å². The molecule has 0 spiro atoms. The fourth-order valence-corrected chi connectivity index (χ4v) is 1.10. The number of aromatic nitrogens is 2. The van der Waals surface area contributed by atoms with Gasteiger partial charge in [0.1, 0.15) is 18.7 Å². The number of carbonyl (C=O) groups excluding carboxylic acids is 1. The third-order valence-electron chi connectivity index (χ3n) is 1.81. The molecule has 0 saturated heterocycles. The van der Waals surface area contributed by atoms with Crippen LogP contribution in [0.3, 0.4) is 0 Å². The molecule has 1 aromatic heterocycles. The number of nitriles is 2. The number of hydrogen-bond donors (Lipinski definition) is 1. The predicted octanol–water partition coefficient (Wildman–Crippen LogP) is -0.0713. The standard InChI is InChI=1S/C10H9N5O/c1-2-3-13-10(16)6-15-7-14-8(4-11)9(15)5-12/h2,7H,1,3,6H2,(H,13,16). The summed E-state index contributed by atoms with van der Waals surface area (Å²) in [6.07, 6.45) is 2.85. The van der Waals surface area contributed by atoms with Crippen molar-refractivity contribution in [2.45, 2.75) is 6.54 Å². The number of imidazole rings is 1. The second-order valence-corrected chi connectivity index (χ2v) is 2.89. The Bertz CT molecular complexity index is 488. The molecule has 0 aliphatic rings. The highest BCUT2D eigenvalue weighted by Crippen LogP contribution is 2.04. The van der Waals surface area contributed by atoms with Crippen molar-refractivity contribution in [1.82, 2.24) is 14.9 Å². The molecule has 16 heavy (non-hydrogen) atoms. The topological polar surface area (TPSA) is 94.5 Å². The highest BCUT2D eigenvalue weighted by atomic mass is 16.1. The first-order valence-electron chi connectivity index (χ1n) is 4.45. The van der Waals surface area contributed by atoms with Gasteiger partial charge in [-0.25, -0.2) is 4.98 Å². The Labute approximate surface area is 92.4 Å². The van der Waals surface area contributed by atoms with E-state index in [1.165, 1.54) is 10.9 Å². The molecule has 0 saturated carbocycles. The molecule has 1 rings (SSSR count). The van der Waals surface area contributed by atoms with Crippen LogP contribution in [0, 0.1) is 22.7 Å². The summed E-state index contributed by atoms with van der Waals surface area (Å²) in [6.45, 7) is 3.79. The minimum Gasteiger partial charge on any atom is -0.351 e. The summed E-state index contributed by atoms with van der Waals surface area (Å²) in [5.74, 6) is -0.265. The zero-order valence-corrected chi connectivity index (χ0v) is 8.47. The summed E-state index contributed by atoms with van der Waals surface area (Å²) in [5, 5.41) is 20.0. The second-order valence-electron chi connectivity index (χ2n) is 2.89. The molecule has 0 aromatic carbocycles. The van der Waals surface area contributed by atoms with E-state index >= 15 is 0 Å². The first-order valence-corrected chi connectivity index (χ1v) is 4.45. The molecular formula is C10H9N5O. The molecule has 0 radical (unpaired) electrons. The molecule has 0 unspecified atom stereocenters. The fourth-order valence-electron chi connectivity index (χ4n) is 1.10. The number of rotatable bonds is 4. The van der Waals surface area contributed by atoms with Crippen molar-refractivity contribution in [2.75, 3.05) is 6.54 Å². The normalized spacial score (nSPS) is 8.88. The van der Waals surface area contributed by atoms with Crippen molar-refractivity contribution in [3.05, 3.63) is 30.4 Å². The Morgan fingerprint density at radius 2 is 2.38 bits per heavy atom. The molecule has 0 fully saturated rings. The Kier molecular flexibility index (Phi) is 3.82. The van der Waals surface area contributed by atoms with Crippen LogP contribution in [0.15, 0.2) is 19.0 Å². The van der Waals surface area contributed by atoms with Gasteiger partial charge in [-0.15, -0.1) is 6.58 Å². The Hall–Kier alpha value is -2.60. The molecule has 0 atom stereocenters. The summed E-state index contributed by atoms with van der Waals surface area (Å²) < 4.78 is 1.33. The van der Waals surface area contributed by atoms with Gasteiger partial charge >= 0.3 is 0 Å². The van der Waals surface area contributed by atoms with Crippen LogP contribution in [0.1, 0.15) is 11.4 Å². The van der Waals surface area contributed by atoms with Crippen LogP contribution in [0.5, 0.6) is 0 Å². The lowest BCUT2D eigenvalue weighted by molar-refractivity contribution is -0.121. The van der Waals surface area contributed by atoms with Gasteiger partial charge in [0.25, 0.3) is 0 Å². The SMILES string of the molecule is C=CCNC(=O)Cn1cnc(C#N)c1C#N. The van der Waals surface area contributed by atoms with Crippen molar-refractivity contribution in [1.29, 1.82) is 10.5 Å². The predicted molar refractivity (Wildman–Crippen MR) is 54.9 cm³/mol. The summed E-state index contributed by atoms with van der Waals surface area (Å²) in [6, 6.07) is 3.62. The maximum absolute atomic E-state index is 11.3. The van der Waals surface area contributed by atoms with E-state index in [4.69, 9.17) is 10.5 Å². The monoisotopic (exact) mass is 215 g/mol. The van der Waals surface area contributed by atoms with Gasteiger partial charge < -0.3 is 9.88 Å². The van der Waals surface area contributed by atoms with E-state index in [0.29, 0.717) is 6.54 Å². The Morgan fingerprint density at radius 3 is 2.94 bits per heavy atom. The van der Waals surface area contributed by atoms with Crippen LogP contribution in [-0.2, 0) is 11.3 Å². The van der Waals surface area contributed by atoms with Gasteiger partial charge in [0.15, 0.2) is 11.4 Å². The third-order valence-corrected chi connectivity index (χ3v) is 1.81. The summed E-state index contributed by atoms with van der Waals surface area (Å²) in [5.41, 5.74) is 0.121. The Morgan fingerprint density at radius 1 is 1.62 bits per heavy atom. The van der Waals surface area contributed by atoms with E-state index < -0.39 is 0 Å². The largest absolute Gasteiger partial charge is 0.351 e. The van der Waals surface area contributed by atoms with Gasteiger partial charge in [-0.05, 0) is 0 Å². The number of hydrogen-bond acceptors (Lipinski definition) is 4. The highest BCUT2D eigenvalue weighted by Gasteiger charge is 2.11. The van der Waals surface area contributed by atoms with Crippen molar-refractivity contribution >= 4 is 5.91 Å². The van der Waals surface area contributed by atoms with E-state index in [0.717, 1.165) is 0 Å². The molecular weight excluding hydrogens is 206 g/mol. The van der Waals surface area contributed by atoms with Gasteiger partial charge in [0.2, 0.25) is 5.91 Å². The van der Waals surface area contributed by atoms with Crippen LogP contribution in [0.2, 0.25) is 0 Å². The van der Waals surface area contributed by atoms with Crippen molar-refractivity contribution in [3.63, 3.8) is 0 Å². The second kappa shape index (κ2) is 5.32. The minimum atomic E-state index is -0.265. The lowest BCUT2D eigenvalue weighted by Crippen LogP contribution is -2.27. The number of nitrogens with zero attached hydrogens (tertiary/aromatic N) is 4. The lowest BCUT2D eigenvalue weighted by Gasteiger charge is -2.03. The zero-order chi connectivity index (χ0) is 12.0. The third kappa shape index (κ3) is 2.46. The molecule has 1 N–H and O–H groups in total. The maximum Gasteiger partial charge on any atom is 0.240 e. The zero-order valence-electron chi connectivity index (χ0n) is 8.47. The van der Waals surface area contributed by atoms with Crippen LogP contribution in [0.25, 0.3) is 0 Å². The lowest BCUT2D eigenvalue weighted by atomic mass is 10.3.